The average molecular weight is 268 g/mol. The Morgan fingerprint density at radius 2 is 1.79 bits per heavy atom. The predicted octanol–water partition coefficient (Wildman–Crippen LogP) is 2.24. The Kier molecular flexibility index (Phi) is 7.47. The summed E-state index contributed by atoms with van der Waals surface area (Å²) in [6.45, 7) is 8.79. The molecule has 108 valence electrons. The number of rotatable bonds is 3. The number of aliphatic hydroxyl groups excluding tert-OH is 1. The zero-order chi connectivity index (χ0) is 14.9. The van der Waals surface area contributed by atoms with Crippen LogP contribution in [0.2, 0.25) is 0 Å². The second-order valence-corrected chi connectivity index (χ2v) is 6.16. The molecule has 0 saturated heterocycles. The Morgan fingerprint density at radius 3 is 2.26 bits per heavy atom. The molecule has 0 heterocycles. The molecule has 0 bridgehead atoms. The van der Waals surface area contributed by atoms with Gasteiger partial charge in [0.05, 0.1) is 12.6 Å². The minimum absolute atomic E-state index is 0.00750. The standard InChI is InChI=1S/C12H18N2O2.C2H6O/c1-11(2)4-10(14-9-16)5-12(3,6-11)7-13-8-15;1-2-3/h10H,4-7H2,1-3H3;3H,2H2,1H3. The van der Waals surface area contributed by atoms with E-state index in [1.807, 2.05) is 0 Å². The van der Waals surface area contributed by atoms with Crippen molar-refractivity contribution >= 4 is 12.2 Å². The summed E-state index contributed by atoms with van der Waals surface area (Å²) < 4.78 is 0. The van der Waals surface area contributed by atoms with Gasteiger partial charge in [-0.15, -0.1) is 0 Å². The molecule has 0 aromatic rings. The number of aliphatic imine (C=N–C) groups is 2. The van der Waals surface area contributed by atoms with E-state index in [0.717, 1.165) is 19.3 Å². The summed E-state index contributed by atoms with van der Waals surface area (Å²) in [6, 6.07) is 0.00750. The molecule has 0 spiro atoms. The fourth-order valence-corrected chi connectivity index (χ4v) is 3.09. The lowest BCUT2D eigenvalue weighted by Crippen LogP contribution is -2.39. The smallest absolute Gasteiger partial charge is 0.235 e. The van der Waals surface area contributed by atoms with Crippen LogP contribution in [0.3, 0.4) is 0 Å². The van der Waals surface area contributed by atoms with Gasteiger partial charge in [-0.2, -0.15) is 0 Å². The minimum Gasteiger partial charge on any atom is -0.397 e. The van der Waals surface area contributed by atoms with E-state index in [2.05, 4.69) is 30.8 Å². The largest absolute Gasteiger partial charge is 0.397 e. The molecule has 19 heavy (non-hydrogen) atoms. The molecule has 0 radical (unpaired) electrons. The van der Waals surface area contributed by atoms with Crippen molar-refractivity contribution in [1.82, 2.24) is 0 Å². The SMILES string of the molecule is CC1(C)CC(N=C=O)CC(C)(CN=C=O)C1.CCO. The molecule has 1 aliphatic carbocycles. The number of carbonyl (C=O) groups excluding carboxylic acids is 2. The van der Waals surface area contributed by atoms with Crippen molar-refractivity contribution in [2.24, 2.45) is 20.8 Å². The second kappa shape index (κ2) is 8.00. The summed E-state index contributed by atoms with van der Waals surface area (Å²) in [6.07, 6.45) is 5.88. The van der Waals surface area contributed by atoms with Gasteiger partial charge in [0.1, 0.15) is 0 Å². The van der Waals surface area contributed by atoms with Crippen molar-refractivity contribution in [3.63, 3.8) is 0 Å². The van der Waals surface area contributed by atoms with Crippen LogP contribution in [-0.2, 0) is 9.59 Å². The summed E-state index contributed by atoms with van der Waals surface area (Å²) in [4.78, 5) is 28.0. The number of hydrogen-bond acceptors (Lipinski definition) is 5. The molecular formula is C14H24N2O3. The molecule has 2 unspecified atom stereocenters. The third-order valence-electron chi connectivity index (χ3n) is 3.18. The van der Waals surface area contributed by atoms with E-state index < -0.39 is 0 Å². The minimum atomic E-state index is -0.0653. The topological polar surface area (TPSA) is 79.1 Å². The van der Waals surface area contributed by atoms with Crippen LogP contribution >= 0.6 is 0 Å². The fourth-order valence-electron chi connectivity index (χ4n) is 3.09. The number of nitrogens with zero attached hydrogens (tertiary/aromatic N) is 2. The van der Waals surface area contributed by atoms with Crippen LogP contribution in [0.5, 0.6) is 0 Å². The molecule has 1 aliphatic rings. The van der Waals surface area contributed by atoms with E-state index in [9.17, 15) is 9.59 Å². The van der Waals surface area contributed by atoms with E-state index in [-0.39, 0.29) is 23.5 Å². The lowest BCUT2D eigenvalue weighted by atomic mass is 9.63. The third kappa shape index (κ3) is 7.02. The molecular weight excluding hydrogens is 244 g/mol. The molecule has 0 aliphatic heterocycles. The lowest BCUT2D eigenvalue weighted by Gasteiger charge is -2.44. The monoisotopic (exact) mass is 268 g/mol. The normalized spacial score (nSPS) is 28.2. The summed E-state index contributed by atoms with van der Waals surface area (Å²) in [7, 11) is 0. The Hall–Kier alpha value is -1.28. The molecule has 0 aromatic heterocycles. The van der Waals surface area contributed by atoms with Crippen LogP contribution in [0.1, 0.15) is 47.0 Å². The van der Waals surface area contributed by atoms with Crippen LogP contribution < -0.4 is 0 Å². The number of hydrogen-bond donors (Lipinski definition) is 1. The van der Waals surface area contributed by atoms with E-state index in [1.54, 1.807) is 19.1 Å². The van der Waals surface area contributed by atoms with Gasteiger partial charge >= 0.3 is 0 Å². The van der Waals surface area contributed by atoms with Gasteiger partial charge in [0.2, 0.25) is 12.2 Å². The maximum Gasteiger partial charge on any atom is 0.235 e. The Bertz CT molecular complexity index is 369. The van der Waals surface area contributed by atoms with Crippen molar-refractivity contribution in [3.8, 4) is 0 Å². The van der Waals surface area contributed by atoms with Gasteiger partial charge in [0.25, 0.3) is 0 Å². The molecule has 2 atom stereocenters. The second-order valence-electron chi connectivity index (χ2n) is 6.16. The molecule has 5 heteroatoms. The van der Waals surface area contributed by atoms with Crippen molar-refractivity contribution in [2.45, 2.75) is 53.0 Å². The van der Waals surface area contributed by atoms with Gasteiger partial charge in [-0.25, -0.2) is 19.6 Å². The van der Waals surface area contributed by atoms with Crippen molar-refractivity contribution < 1.29 is 14.7 Å². The number of aliphatic hydroxyl groups is 1. The number of isocyanates is 2. The highest BCUT2D eigenvalue weighted by Crippen LogP contribution is 2.47. The van der Waals surface area contributed by atoms with Crippen molar-refractivity contribution in [1.29, 1.82) is 0 Å². The zero-order valence-electron chi connectivity index (χ0n) is 12.3. The lowest BCUT2D eigenvalue weighted by molar-refractivity contribution is 0.0915. The highest BCUT2D eigenvalue weighted by Gasteiger charge is 2.41. The molecule has 0 aromatic carbocycles. The van der Waals surface area contributed by atoms with Gasteiger partial charge < -0.3 is 5.11 Å². The Labute approximate surface area is 114 Å². The van der Waals surface area contributed by atoms with Gasteiger partial charge in [-0.1, -0.05) is 20.8 Å². The van der Waals surface area contributed by atoms with Crippen molar-refractivity contribution in [3.05, 3.63) is 0 Å². The van der Waals surface area contributed by atoms with Crippen LogP contribution in [0, 0.1) is 10.8 Å². The molecule has 5 nitrogen and oxygen atoms in total. The van der Waals surface area contributed by atoms with E-state index in [4.69, 9.17) is 5.11 Å². The quantitative estimate of drug-likeness (QED) is 0.629. The van der Waals surface area contributed by atoms with Crippen LogP contribution in [-0.4, -0.2) is 36.5 Å². The molecule has 1 rings (SSSR count). The third-order valence-corrected chi connectivity index (χ3v) is 3.18. The summed E-state index contributed by atoms with van der Waals surface area (Å²) in [5, 5.41) is 7.57. The van der Waals surface area contributed by atoms with Crippen LogP contribution in [0.25, 0.3) is 0 Å². The first-order chi connectivity index (χ1) is 8.82. The Morgan fingerprint density at radius 1 is 1.21 bits per heavy atom. The first-order valence-corrected chi connectivity index (χ1v) is 6.54. The average Bonchev–Trinajstić information content (AvgIpc) is 2.25. The van der Waals surface area contributed by atoms with E-state index in [0.29, 0.717) is 6.54 Å². The fraction of sp³-hybridized carbons (Fsp3) is 0.857. The first-order valence-electron chi connectivity index (χ1n) is 6.54. The zero-order valence-corrected chi connectivity index (χ0v) is 12.3. The summed E-state index contributed by atoms with van der Waals surface area (Å²) in [5.74, 6) is 0. The highest BCUT2D eigenvalue weighted by atomic mass is 16.2. The molecule has 1 N–H and O–H groups in total. The van der Waals surface area contributed by atoms with Crippen LogP contribution in [0.15, 0.2) is 9.98 Å². The molecule has 1 fully saturated rings. The maximum atomic E-state index is 10.3. The van der Waals surface area contributed by atoms with Crippen molar-refractivity contribution in [2.75, 3.05) is 13.2 Å². The maximum absolute atomic E-state index is 10.3. The van der Waals surface area contributed by atoms with E-state index in [1.165, 1.54) is 0 Å². The molecule has 0 amide bonds. The van der Waals surface area contributed by atoms with E-state index >= 15 is 0 Å². The first kappa shape index (κ1) is 17.7. The Balaban J connectivity index is 0.000000982. The summed E-state index contributed by atoms with van der Waals surface area (Å²) in [5.41, 5.74) is 0.0561. The van der Waals surface area contributed by atoms with Gasteiger partial charge in [-0.3, -0.25) is 0 Å². The highest BCUT2D eigenvalue weighted by molar-refractivity contribution is 5.34. The van der Waals surface area contributed by atoms with Gasteiger partial charge in [-0.05, 0) is 37.0 Å². The molecule has 1 saturated carbocycles. The summed E-state index contributed by atoms with van der Waals surface area (Å²) >= 11 is 0. The predicted molar refractivity (Wildman–Crippen MR) is 73.4 cm³/mol. The van der Waals surface area contributed by atoms with Crippen LogP contribution in [0.4, 0.5) is 0 Å². The van der Waals surface area contributed by atoms with Gasteiger partial charge in [0.15, 0.2) is 0 Å². The van der Waals surface area contributed by atoms with Gasteiger partial charge in [0, 0.05) is 6.61 Å².